The predicted molar refractivity (Wildman–Crippen MR) is 67.1 cm³/mol. The van der Waals surface area contributed by atoms with Crippen LogP contribution in [-0.4, -0.2) is 30.8 Å². The number of methoxy groups -OCH3 is 2. The minimum atomic E-state index is -0.926. The molecule has 0 spiro atoms. The number of rotatable bonds is 3. The number of hydrogen-bond donors (Lipinski definition) is 0. The molecule has 1 aromatic heterocycles. The summed E-state index contributed by atoms with van der Waals surface area (Å²) in [6, 6.07) is 3.80. The second-order valence-corrected chi connectivity index (χ2v) is 4.31. The summed E-state index contributed by atoms with van der Waals surface area (Å²) in [5.74, 6) is -0.456. The van der Waals surface area contributed by atoms with Gasteiger partial charge in [-0.05, 0) is 30.5 Å². The maximum absolute atomic E-state index is 12.1. The number of ether oxygens (including phenoxy) is 2. The molecule has 0 radical (unpaired) electrons. The molecule has 2 rings (SSSR count). The normalized spacial score (nSPS) is 26.9. The van der Waals surface area contributed by atoms with Crippen molar-refractivity contribution in [1.82, 2.24) is 4.98 Å². The van der Waals surface area contributed by atoms with Gasteiger partial charge < -0.3 is 9.47 Å². The van der Waals surface area contributed by atoms with E-state index in [0.717, 1.165) is 12.0 Å². The quantitative estimate of drug-likeness (QED) is 0.606. The van der Waals surface area contributed by atoms with Crippen molar-refractivity contribution >= 4 is 5.97 Å². The Hall–Kier alpha value is -1.68. The van der Waals surface area contributed by atoms with Gasteiger partial charge in [0.2, 0.25) is 0 Å². The monoisotopic (exact) mass is 247 g/mol. The molecule has 2 atom stereocenters. The predicted octanol–water partition coefficient (Wildman–Crippen LogP) is 2.07. The molecule has 1 aliphatic carbocycles. The lowest BCUT2D eigenvalue weighted by molar-refractivity contribution is -0.169. The number of allylic oxidation sites excluding steroid dienone is 1. The first kappa shape index (κ1) is 12.8. The van der Waals surface area contributed by atoms with Gasteiger partial charge in [0.15, 0.2) is 5.60 Å². The van der Waals surface area contributed by atoms with Crippen molar-refractivity contribution in [2.45, 2.75) is 24.4 Å². The highest BCUT2D eigenvalue weighted by Gasteiger charge is 2.47. The summed E-state index contributed by atoms with van der Waals surface area (Å²) < 4.78 is 10.5. The summed E-state index contributed by atoms with van der Waals surface area (Å²) in [6.45, 7) is 0. The first-order valence-electron chi connectivity index (χ1n) is 5.95. The van der Waals surface area contributed by atoms with E-state index in [2.05, 4.69) is 11.1 Å². The molecular weight excluding hydrogens is 230 g/mol. The summed E-state index contributed by atoms with van der Waals surface area (Å²) >= 11 is 0. The summed E-state index contributed by atoms with van der Waals surface area (Å²) in [5, 5.41) is 0. The summed E-state index contributed by atoms with van der Waals surface area (Å²) in [5.41, 5.74) is 0.0819. The molecule has 1 aliphatic rings. The van der Waals surface area contributed by atoms with Crippen LogP contribution in [0.5, 0.6) is 0 Å². The van der Waals surface area contributed by atoms with Crippen LogP contribution >= 0.6 is 0 Å². The van der Waals surface area contributed by atoms with Crippen molar-refractivity contribution < 1.29 is 14.3 Å². The van der Waals surface area contributed by atoms with Crippen LogP contribution in [-0.2, 0) is 14.3 Å². The molecule has 18 heavy (non-hydrogen) atoms. The number of pyridine rings is 1. The standard InChI is InChI=1S/C14H17NO3/c1-17-13(16)14(18-2)8-4-3-5-12(14)11-6-9-15-10-7-11/h3,5-7,9-10,12H,4,8H2,1-2H3. The van der Waals surface area contributed by atoms with Crippen LogP contribution in [0.2, 0.25) is 0 Å². The van der Waals surface area contributed by atoms with Gasteiger partial charge in [-0.2, -0.15) is 0 Å². The zero-order valence-electron chi connectivity index (χ0n) is 10.6. The van der Waals surface area contributed by atoms with E-state index in [-0.39, 0.29) is 11.9 Å². The Balaban J connectivity index is 2.44. The van der Waals surface area contributed by atoms with Gasteiger partial charge >= 0.3 is 5.97 Å². The lowest BCUT2D eigenvalue weighted by Gasteiger charge is -2.37. The van der Waals surface area contributed by atoms with E-state index in [4.69, 9.17) is 9.47 Å². The van der Waals surface area contributed by atoms with Crippen molar-refractivity contribution in [3.8, 4) is 0 Å². The van der Waals surface area contributed by atoms with Gasteiger partial charge in [-0.15, -0.1) is 0 Å². The molecule has 0 bridgehead atoms. The Morgan fingerprint density at radius 2 is 2.11 bits per heavy atom. The van der Waals surface area contributed by atoms with Gasteiger partial charge in [0.25, 0.3) is 0 Å². The Labute approximate surface area is 107 Å². The van der Waals surface area contributed by atoms with E-state index in [1.807, 2.05) is 18.2 Å². The average molecular weight is 247 g/mol. The number of esters is 1. The van der Waals surface area contributed by atoms with Crippen LogP contribution in [0.4, 0.5) is 0 Å². The second kappa shape index (κ2) is 5.31. The molecule has 0 fully saturated rings. The minimum Gasteiger partial charge on any atom is -0.467 e. The molecule has 0 N–H and O–H groups in total. The van der Waals surface area contributed by atoms with E-state index in [9.17, 15) is 4.79 Å². The van der Waals surface area contributed by atoms with E-state index >= 15 is 0 Å². The number of nitrogens with zero attached hydrogens (tertiary/aromatic N) is 1. The number of carbonyl (C=O) groups excluding carboxylic acids is 1. The molecule has 0 saturated carbocycles. The fourth-order valence-electron chi connectivity index (χ4n) is 2.51. The van der Waals surface area contributed by atoms with Crippen LogP contribution in [0.3, 0.4) is 0 Å². The van der Waals surface area contributed by atoms with Gasteiger partial charge in [0, 0.05) is 25.4 Å². The molecule has 1 heterocycles. The van der Waals surface area contributed by atoms with Crippen molar-refractivity contribution in [3.63, 3.8) is 0 Å². The third kappa shape index (κ3) is 2.04. The zero-order chi connectivity index (χ0) is 13.0. The van der Waals surface area contributed by atoms with E-state index < -0.39 is 5.60 Å². The fourth-order valence-corrected chi connectivity index (χ4v) is 2.51. The van der Waals surface area contributed by atoms with Crippen LogP contribution in [0.25, 0.3) is 0 Å². The van der Waals surface area contributed by atoms with Crippen LogP contribution in [0.1, 0.15) is 24.3 Å². The molecule has 96 valence electrons. The highest BCUT2D eigenvalue weighted by molar-refractivity contribution is 5.82. The zero-order valence-corrected chi connectivity index (χ0v) is 10.6. The van der Waals surface area contributed by atoms with Gasteiger partial charge in [0.05, 0.1) is 7.11 Å². The van der Waals surface area contributed by atoms with Crippen LogP contribution in [0, 0.1) is 0 Å². The molecule has 0 aliphatic heterocycles. The smallest absolute Gasteiger partial charge is 0.339 e. The highest BCUT2D eigenvalue weighted by Crippen LogP contribution is 2.40. The summed E-state index contributed by atoms with van der Waals surface area (Å²) in [7, 11) is 2.95. The maximum atomic E-state index is 12.1. The highest BCUT2D eigenvalue weighted by atomic mass is 16.6. The van der Waals surface area contributed by atoms with Crippen molar-refractivity contribution in [2.24, 2.45) is 0 Å². The fraction of sp³-hybridized carbons (Fsp3) is 0.429. The Morgan fingerprint density at radius 3 is 2.72 bits per heavy atom. The largest absolute Gasteiger partial charge is 0.467 e. The van der Waals surface area contributed by atoms with E-state index in [1.165, 1.54) is 7.11 Å². The molecule has 1 aromatic rings. The molecule has 0 saturated heterocycles. The molecule has 4 nitrogen and oxygen atoms in total. The number of carbonyl (C=O) groups is 1. The lowest BCUT2D eigenvalue weighted by Crippen LogP contribution is -2.47. The second-order valence-electron chi connectivity index (χ2n) is 4.31. The third-order valence-corrected chi connectivity index (χ3v) is 3.47. The molecule has 2 unspecified atom stereocenters. The van der Waals surface area contributed by atoms with Crippen molar-refractivity contribution in [1.29, 1.82) is 0 Å². The van der Waals surface area contributed by atoms with E-state index in [0.29, 0.717) is 6.42 Å². The molecule has 0 aromatic carbocycles. The third-order valence-electron chi connectivity index (χ3n) is 3.47. The first-order chi connectivity index (χ1) is 8.74. The lowest BCUT2D eigenvalue weighted by atomic mass is 9.75. The molecule has 4 heteroatoms. The maximum Gasteiger partial charge on any atom is 0.339 e. The van der Waals surface area contributed by atoms with Gasteiger partial charge in [0.1, 0.15) is 0 Å². The molecule has 0 amide bonds. The Kier molecular flexibility index (Phi) is 3.77. The van der Waals surface area contributed by atoms with Gasteiger partial charge in [-0.25, -0.2) is 4.79 Å². The number of aromatic nitrogens is 1. The SMILES string of the molecule is COC(=O)C1(OC)CCC=CC1c1ccncc1. The van der Waals surface area contributed by atoms with Crippen molar-refractivity contribution in [2.75, 3.05) is 14.2 Å². The van der Waals surface area contributed by atoms with E-state index in [1.54, 1.807) is 19.5 Å². The first-order valence-corrected chi connectivity index (χ1v) is 5.95. The van der Waals surface area contributed by atoms with Gasteiger partial charge in [-0.1, -0.05) is 12.2 Å². The average Bonchev–Trinajstić information content (AvgIpc) is 2.47. The Morgan fingerprint density at radius 1 is 1.39 bits per heavy atom. The number of hydrogen-bond acceptors (Lipinski definition) is 4. The van der Waals surface area contributed by atoms with Gasteiger partial charge in [-0.3, -0.25) is 4.98 Å². The van der Waals surface area contributed by atoms with Crippen LogP contribution < -0.4 is 0 Å². The summed E-state index contributed by atoms with van der Waals surface area (Å²) in [6.07, 6.45) is 8.96. The molecular formula is C14H17NO3. The summed E-state index contributed by atoms with van der Waals surface area (Å²) in [4.78, 5) is 16.1. The van der Waals surface area contributed by atoms with Crippen molar-refractivity contribution in [3.05, 3.63) is 42.2 Å². The van der Waals surface area contributed by atoms with Crippen LogP contribution in [0.15, 0.2) is 36.7 Å². The minimum absolute atomic E-state index is 0.133. The topological polar surface area (TPSA) is 48.4 Å². The Bertz CT molecular complexity index is 444.